The van der Waals surface area contributed by atoms with Crippen molar-refractivity contribution in [3.63, 3.8) is 0 Å². The normalized spacial score (nSPS) is 15.5. The van der Waals surface area contributed by atoms with Crippen LogP contribution in [0.1, 0.15) is 25.3 Å². The van der Waals surface area contributed by atoms with Gasteiger partial charge >= 0.3 is 0 Å². The number of nitrogens with one attached hydrogen (secondary N) is 1. The average molecular weight is 323 g/mol. The Morgan fingerprint density at radius 3 is 2.25 bits per heavy atom. The van der Waals surface area contributed by atoms with Crippen LogP contribution in [0.5, 0.6) is 0 Å². The van der Waals surface area contributed by atoms with Gasteiger partial charge < -0.3 is 10.2 Å². The van der Waals surface area contributed by atoms with Crippen LogP contribution in [0.2, 0.25) is 0 Å². The van der Waals surface area contributed by atoms with Gasteiger partial charge in [0.05, 0.1) is 0 Å². The number of benzene rings is 2. The summed E-state index contributed by atoms with van der Waals surface area (Å²) in [5, 5.41) is 3.48. The molecule has 1 aliphatic heterocycles. The third-order valence-corrected chi connectivity index (χ3v) is 4.71. The summed E-state index contributed by atoms with van der Waals surface area (Å²) in [4.78, 5) is 5.05. The van der Waals surface area contributed by atoms with Gasteiger partial charge in [-0.25, -0.2) is 0 Å². The van der Waals surface area contributed by atoms with Crippen LogP contribution in [0.15, 0.2) is 54.6 Å². The van der Waals surface area contributed by atoms with Crippen molar-refractivity contribution in [2.24, 2.45) is 0 Å². The van der Waals surface area contributed by atoms with Gasteiger partial charge in [-0.05, 0) is 36.2 Å². The van der Waals surface area contributed by atoms with Crippen LogP contribution in [0.4, 0.5) is 11.4 Å². The van der Waals surface area contributed by atoms with E-state index >= 15 is 0 Å². The zero-order chi connectivity index (χ0) is 16.6. The van der Waals surface area contributed by atoms with E-state index in [0.29, 0.717) is 0 Å². The molecule has 3 nitrogen and oxygen atoms in total. The van der Waals surface area contributed by atoms with Gasteiger partial charge in [0.1, 0.15) is 0 Å². The van der Waals surface area contributed by atoms with E-state index in [4.69, 9.17) is 0 Å². The Morgan fingerprint density at radius 1 is 0.875 bits per heavy atom. The van der Waals surface area contributed by atoms with Gasteiger partial charge in [-0.2, -0.15) is 0 Å². The Kier molecular flexibility index (Phi) is 6.13. The predicted octanol–water partition coefficient (Wildman–Crippen LogP) is 4.22. The van der Waals surface area contributed by atoms with Crippen molar-refractivity contribution in [3.8, 4) is 0 Å². The van der Waals surface area contributed by atoms with Crippen molar-refractivity contribution in [3.05, 3.63) is 60.2 Å². The summed E-state index contributed by atoms with van der Waals surface area (Å²) in [5.41, 5.74) is 3.98. The molecule has 1 fully saturated rings. The van der Waals surface area contributed by atoms with Gasteiger partial charge in [0.25, 0.3) is 0 Å². The van der Waals surface area contributed by atoms with E-state index in [-0.39, 0.29) is 0 Å². The number of piperazine rings is 1. The summed E-state index contributed by atoms with van der Waals surface area (Å²) in [6.07, 6.45) is 2.46. The molecule has 0 spiro atoms. The second-order valence-corrected chi connectivity index (χ2v) is 6.58. The summed E-state index contributed by atoms with van der Waals surface area (Å²) in [5.74, 6) is 0. The van der Waals surface area contributed by atoms with Crippen molar-refractivity contribution >= 4 is 11.4 Å². The highest BCUT2D eigenvalue weighted by Gasteiger charge is 2.17. The maximum absolute atomic E-state index is 3.48. The van der Waals surface area contributed by atoms with Crippen LogP contribution in [0.3, 0.4) is 0 Å². The van der Waals surface area contributed by atoms with Crippen molar-refractivity contribution in [1.29, 1.82) is 0 Å². The predicted molar refractivity (Wildman–Crippen MR) is 104 cm³/mol. The first kappa shape index (κ1) is 16.8. The molecule has 0 bridgehead atoms. The SMILES string of the molecule is CCCCNc1ccc(N2CCN(Cc3ccccc3)CC2)cc1. The molecule has 0 aliphatic carbocycles. The third-order valence-electron chi connectivity index (χ3n) is 4.71. The molecule has 2 aromatic carbocycles. The van der Waals surface area contributed by atoms with Crippen LogP contribution < -0.4 is 10.2 Å². The molecular formula is C21H29N3. The van der Waals surface area contributed by atoms with E-state index in [1.165, 1.54) is 29.8 Å². The lowest BCUT2D eigenvalue weighted by Gasteiger charge is -2.36. The van der Waals surface area contributed by atoms with Gasteiger partial charge in [-0.3, -0.25) is 4.90 Å². The summed E-state index contributed by atoms with van der Waals surface area (Å²) in [6.45, 7) is 8.83. The summed E-state index contributed by atoms with van der Waals surface area (Å²) >= 11 is 0. The minimum absolute atomic E-state index is 1.06. The van der Waals surface area contributed by atoms with E-state index in [9.17, 15) is 0 Å². The van der Waals surface area contributed by atoms with Crippen molar-refractivity contribution in [1.82, 2.24) is 4.90 Å². The van der Waals surface area contributed by atoms with Crippen LogP contribution in [0.25, 0.3) is 0 Å². The number of unbranched alkanes of at least 4 members (excludes halogenated alkanes) is 1. The standard InChI is InChI=1S/C21H29N3/c1-2-3-13-22-20-9-11-21(12-10-20)24-16-14-23(15-17-24)18-19-7-5-4-6-8-19/h4-12,22H,2-3,13-18H2,1H3. The lowest BCUT2D eigenvalue weighted by atomic mass is 10.2. The molecule has 1 N–H and O–H groups in total. The number of hydrogen-bond acceptors (Lipinski definition) is 3. The van der Waals surface area contributed by atoms with Gasteiger partial charge in [-0.1, -0.05) is 43.7 Å². The number of anilines is 2. The lowest BCUT2D eigenvalue weighted by Crippen LogP contribution is -2.45. The largest absolute Gasteiger partial charge is 0.385 e. The third kappa shape index (κ3) is 4.75. The maximum atomic E-state index is 3.48. The zero-order valence-electron chi connectivity index (χ0n) is 14.7. The number of nitrogens with zero attached hydrogens (tertiary/aromatic N) is 2. The van der Waals surface area contributed by atoms with E-state index < -0.39 is 0 Å². The maximum Gasteiger partial charge on any atom is 0.0368 e. The first-order chi connectivity index (χ1) is 11.8. The van der Waals surface area contributed by atoms with Crippen molar-refractivity contribution < 1.29 is 0 Å². The molecule has 24 heavy (non-hydrogen) atoms. The summed E-state index contributed by atoms with van der Waals surface area (Å²) < 4.78 is 0. The molecule has 0 amide bonds. The minimum Gasteiger partial charge on any atom is -0.385 e. The molecular weight excluding hydrogens is 294 g/mol. The molecule has 0 aromatic heterocycles. The average Bonchev–Trinajstić information content (AvgIpc) is 2.64. The first-order valence-electron chi connectivity index (χ1n) is 9.20. The first-order valence-corrected chi connectivity index (χ1v) is 9.20. The molecule has 3 heteroatoms. The highest BCUT2D eigenvalue weighted by atomic mass is 15.3. The van der Waals surface area contributed by atoms with E-state index in [1.807, 2.05) is 0 Å². The fourth-order valence-electron chi connectivity index (χ4n) is 3.21. The summed E-state index contributed by atoms with van der Waals surface area (Å²) in [6, 6.07) is 19.7. The van der Waals surface area contributed by atoms with Gasteiger partial charge in [0, 0.05) is 50.6 Å². The summed E-state index contributed by atoms with van der Waals surface area (Å²) in [7, 11) is 0. The Hall–Kier alpha value is -2.00. The molecule has 3 rings (SSSR count). The molecule has 1 heterocycles. The number of rotatable bonds is 7. The van der Waals surface area contributed by atoms with Crippen LogP contribution in [-0.2, 0) is 6.54 Å². The van der Waals surface area contributed by atoms with E-state index in [0.717, 1.165) is 39.3 Å². The fourth-order valence-corrected chi connectivity index (χ4v) is 3.21. The molecule has 1 aliphatic rings. The van der Waals surface area contributed by atoms with E-state index in [1.54, 1.807) is 0 Å². The molecule has 0 atom stereocenters. The monoisotopic (exact) mass is 323 g/mol. The van der Waals surface area contributed by atoms with Gasteiger partial charge in [0.2, 0.25) is 0 Å². The number of hydrogen-bond donors (Lipinski definition) is 1. The Balaban J connectivity index is 1.47. The molecule has 0 unspecified atom stereocenters. The topological polar surface area (TPSA) is 18.5 Å². The highest BCUT2D eigenvalue weighted by molar-refractivity contribution is 5.55. The van der Waals surface area contributed by atoms with Gasteiger partial charge in [-0.15, -0.1) is 0 Å². The van der Waals surface area contributed by atoms with Crippen LogP contribution in [0, 0.1) is 0 Å². The van der Waals surface area contributed by atoms with Crippen molar-refractivity contribution in [2.75, 3.05) is 42.9 Å². The lowest BCUT2D eigenvalue weighted by molar-refractivity contribution is 0.250. The highest BCUT2D eigenvalue weighted by Crippen LogP contribution is 2.20. The zero-order valence-corrected chi connectivity index (χ0v) is 14.7. The second kappa shape index (κ2) is 8.74. The minimum atomic E-state index is 1.06. The molecule has 128 valence electrons. The van der Waals surface area contributed by atoms with Crippen molar-refractivity contribution in [2.45, 2.75) is 26.3 Å². The fraction of sp³-hybridized carbons (Fsp3) is 0.429. The Bertz CT molecular complexity index is 586. The quantitative estimate of drug-likeness (QED) is 0.770. The Labute approximate surface area is 146 Å². The van der Waals surface area contributed by atoms with Crippen LogP contribution >= 0.6 is 0 Å². The smallest absolute Gasteiger partial charge is 0.0368 e. The molecule has 2 aromatic rings. The van der Waals surface area contributed by atoms with Crippen LogP contribution in [-0.4, -0.2) is 37.6 Å². The molecule has 0 radical (unpaired) electrons. The second-order valence-electron chi connectivity index (χ2n) is 6.58. The Morgan fingerprint density at radius 2 is 1.58 bits per heavy atom. The molecule has 0 saturated carbocycles. The van der Waals surface area contributed by atoms with E-state index in [2.05, 4.69) is 76.6 Å². The molecule has 1 saturated heterocycles. The van der Waals surface area contributed by atoms with Gasteiger partial charge in [0.15, 0.2) is 0 Å².